The Morgan fingerprint density at radius 3 is 2.48 bits per heavy atom. The summed E-state index contributed by atoms with van der Waals surface area (Å²) in [5, 5.41) is 4.62. The van der Waals surface area contributed by atoms with E-state index in [0.717, 1.165) is 43.3 Å². The van der Waals surface area contributed by atoms with Crippen LogP contribution in [-0.2, 0) is 6.67 Å². The summed E-state index contributed by atoms with van der Waals surface area (Å²) >= 11 is 5.53. The second-order valence-electron chi connectivity index (χ2n) is 5.94. The lowest BCUT2D eigenvalue weighted by Crippen LogP contribution is -3.14. The first-order valence-corrected chi connectivity index (χ1v) is 8.40. The molecule has 3 aromatic rings. The van der Waals surface area contributed by atoms with Crippen LogP contribution in [-0.4, -0.2) is 40.4 Å². The molecular formula is C17H20N5S+. The van der Waals surface area contributed by atoms with Crippen LogP contribution >= 0.6 is 12.2 Å². The molecule has 5 nitrogen and oxygen atoms in total. The first kappa shape index (κ1) is 14.4. The quantitative estimate of drug-likeness (QED) is 0.734. The normalized spacial score (nSPS) is 16.1. The molecule has 0 atom stereocenters. The maximum atomic E-state index is 5.53. The van der Waals surface area contributed by atoms with Gasteiger partial charge in [0.05, 0.1) is 26.2 Å². The van der Waals surface area contributed by atoms with E-state index in [1.807, 2.05) is 33.5 Å². The number of benzene rings is 1. The van der Waals surface area contributed by atoms with Crippen molar-refractivity contribution in [1.29, 1.82) is 0 Å². The molecule has 0 amide bonds. The van der Waals surface area contributed by atoms with Gasteiger partial charge in [-0.3, -0.25) is 4.40 Å². The van der Waals surface area contributed by atoms with Crippen LogP contribution in [0.5, 0.6) is 0 Å². The number of para-hydroxylation sites is 1. The highest BCUT2D eigenvalue weighted by Gasteiger charge is 2.21. The molecule has 0 radical (unpaired) electrons. The zero-order valence-electron chi connectivity index (χ0n) is 12.9. The minimum atomic E-state index is 0.776. The molecule has 0 unspecified atom stereocenters. The number of hydrogen-bond donors (Lipinski definition) is 1. The van der Waals surface area contributed by atoms with Gasteiger partial charge in [-0.25, -0.2) is 0 Å². The van der Waals surface area contributed by atoms with Crippen LogP contribution in [0.1, 0.15) is 0 Å². The number of aromatic nitrogens is 3. The molecule has 2 aromatic heterocycles. The van der Waals surface area contributed by atoms with E-state index in [1.165, 1.54) is 10.6 Å². The first-order chi connectivity index (χ1) is 11.3. The van der Waals surface area contributed by atoms with E-state index in [1.54, 1.807) is 0 Å². The van der Waals surface area contributed by atoms with Gasteiger partial charge in [0.2, 0.25) is 4.77 Å². The van der Waals surface area contributed by atoms with E-state index < -0.39 is 0 Å². The lowest BCUT2D eigenvalue weighted by atomic mass is 10.2. The Kier molecular flexibility index (Phi) is 3.85. The van der Waals surface area contributed by atoms with Crippen molar-refractivity contribution in [2.75, 3.05) is 31.1 Å². The van der Waals surface area contributed by atoms with Crippen molar-refractivity contribution in [3.63, 3.8) is 0 Å². The summed E-state index contributed by atoms with van der Waals surface area (Å²) in [6.07, 6.45) is 1.98. The number of piperazine rings is 1. The zero-order chi connectivity index (χ0) is 15.6. The van der Waals surface area contributed by atoms with Gasteiger partial charge in [0, 0.05) is 11.9 Å². The highest BCUT2D eigenvalue weighted by atomic mass is 32.1. The monoisotopic (exact) mass is 326 g/mol. The van der Waals surface area contributed by atoms with E-state index in [-0.39, 0.29) is 0 Å². The molecule has 118 valence electrons. The van der Waals surface area contributed by atoms with E-state index in [0.29, 0.717) is 0 Å². The topological polar surface area (TPSA) is 29.9 Å². The zero-order valence-corrected chi connectivity index (χ0v) is 13.7. The number of fused-ring (bicyclic) bond motifs is 1. The molecule has 1 aliphatic rings. The van der Waals surface area contributed by atoms with Crippen molar-refractivity contribution in [3.8, 4) is 0 Å². The molecule has 1 fully saturated rings. The van der Waals surface area contributed by atoms with Crippen LogP contribution in [0.25, 0.3) is 5.65 Å². The Balaban J connectivity index is 1.45. The number of pyridine rings is 1. The third-order valence-corrected chi connectivity index (χ3v) is 4.86. The van der Waals surface area contributed by atoms with Crippen LogP contribution in [0, 0.1) is 4.77 Å². The van der Waals surface area contributed by atoms with Crippen molar-refractivity contribution >= 4 is 23.6 Å². The number of anilines is 1. The summed E-state index contributed by atoms with van der Waals surface area (Å²) in [5.74, 6) is 0. The van der Waals surface area contributed by atoms with Gasteiger partial charge in [-0.15, -0.1) is 5.10 Å². The van der Waals surface area contributed by atoms with Crippen LogP contribution in [0.3, 0.4) is 0 Å². The average Bonchev–Trinajstić information content (AvgIpc) is 2.93. The highest BCUT2D eigenvalue weighted by Crippen LogP contribution is 2.12. The standard InChI is InChI=1S/C17H19N5S/c23-17-21-9-5-4-8-16(21)18-22(17)14-19-10-12-20(13-11-19)15-6-2-1-3-7-15/h1-9H,10-14H2/p+1. The maximum Gasteiger partial charge on any atom is 0.207 e. The second-order valence-corrected chi connectivity index (χ2v) is 6.31. The van der Waals surface area contributed by atoms with Gasteiger partial charge in [-0.05, 0) is 36.5 Å². The van der Waals surface area contributed by atoms with Crippen molar-refractivity contribution in [2.24, 2.45) is 0 Å². The molecule has 3 heterocycles. The van der Waals surface area contributed by atoms with E-state index in [9.17, 15) is 0 Å². The number of quaternary nitrogens is 1. The number of nitrogens with one attached hydrogen (secondary N) is 1. The third kappa shape index (κ3) is 2.87. The summed E-state index contributed by atoms with van der Waals surface area (Å²) in [4.78, 5) is 3.98. The fraction of sp³-hybridized carbons (Fsp3) is 0.294. The Hall–Kier alpha value is -2.18. The van der Waals surface area contributed by atoms with Crippen molar-refractivity contribution in [2.45, 2.75) is 6.67 Å². The molecule has 1 N–H and O–H groups in total. The number of nitrogens with zero attached hydrogens (tertiary/aromatic N) is 4. The largest absolute Gasteiger partial charge is 0.360 e. The lowest BCUT2D eigenvalue weighted by molar-refractivity contribution is -0.924. The molecular weight excluding hydrogens is 306 g/mol. The van der Waals surface area contributed by atoms with Crippen LogP contribution in [0.2, 0.25) is 0 Å². The Labute approximate surface area is 140 Å². The van der Waals surface area contributed by atoms with Gasteiger partial charge in [-0.2, -0.15) is 4.68 Å². The molecule has 6 heteroatoms. The van der Waals surface area contributed by atoms with Crippen LogP contribution < -0.4 is 9.80 Å². The fourth-order valence-corrected chi connectivity index (χ4v) is 3.42. The molecule has 1 aliphatic heterocycles. The van der Waals surface area contributed by atoms with Crippen molar-refractivity contribution < 1.29 is 4.90 Å². The molecule has 1 aromatic carbocycles. The second kappa shape index (κ2) is 6.14. The van der Waals surface area contributed by atoms with Gasteiger partial charge in [-0.1, -0.05) is 24.3 Å². The van der Waals surface area contributed by atoms with Gasteiger partial charge < -0.3 is 9.80 Å². The molecule has 0 spiro atoms. The average molecular weight is 326 g/mol. The summed E-state index contributed by atoms with van der Waals surface area (Å²) in [6, 6.07) is 16.6. The molecule has 0 bridgehead atoms. The Morgan fingerprint density at radius 2 is 1.74 bits per heavy atom. The van der Waals surface area contributed by atoms with E-state index >= 15 is 0 Å². The predicted molar refractivity (Wildman–Crippen MR) is 93.4 cm³/mol. The first-order valence-electron chi connectivity index (χ1n) is 7.99. The van der Waals surface area contributed by atoms with Crippen LogP contribution in [0.4, 0.5) is 5.69 Å². The van der Waals surface area contributed by atoms with Crippen molar-refractivity contribution in [1.82, 2.24) is 14.2 Å². The van der Waals surface area contributed by atoms with Gasteiger partial charge in [0.1, 0.15) is 0 Å². The maximum absolute atomic E-state index is 5.53. The molecule has 1 saturated heterocycles. The lowest BCUT2D eigenvalue weighted by Gasteiger charge is -2.33. The molecule has 23 heavy (non-hydrogen) atoms. The van der Waals surface area contributed by atoms with E-state index in [4.69, 9.17) is 12.2 Å². The summed E-state index contributed by atoms with van der Waals surface area (Å²) in [5.41, 5.74) is 2.23. The molecule has 4 rings (SSSR count). The minimum absolute atomic E-state index is 0.776. The van der Waals surface area contributed by atoms with Crippen molar-refractivity contribution in [3.05, 3.63) is 59.5 Å². The minimum Gasteiger partial charge on any atom is -0.360 e. The summed E-state index contributed by atoms with van der Waals surface area (Å²) in [7, 11) is 0. The molecule has 0 aliphatic carbocycles. The smallest absolute Gasteiger partial charge is 0.207 e. The summed E-state index contributed by atoms with van der Waals surface area (Å²) in [6.45, 7) is 5.18. The summed E-state index contributed by atoms with van der Waals surface area (Å²) < 4.78 is 4.70. The Bertz CT molecular complexity index is 846. The number of hydrogen-bond acceptors (Lipinski definition) is 3. The SMILES string of the molecule is S=c1n(C[NH+]2CCN(c3ccccc3)CC2)nc2ccccn12. The van der Waals surface area contributed by atoms with Gasteiger partial charge in [0.25, 0.3) is 0 Å². The van der Waals surface area contributed by atoms with Gasteiger partial charge in [0.15, 0.2) is 12.3 Å². The van der Waals surface area contributed by atoms with Crippen LogP contribution in [0.15, 0.2) is 54.7 Å². The van der Waals surface area contributed by atoms with Gasteiger partial charge >= 0.3 is 0 Å². The highest BCUT2D eigenvalue weighted by molar-refractivity contribution is 7.71. The fourth-order valence-electron chi connectivity index (χ4n) is 3.16. The number of rotatable bonds is 3. The Morgan fingerprint density at radius 1 is 1.00 bits per heavy atom. The third-order valence-electron chi connectivity index (χ3n) is 4.45. The molecule has 0 saturated carbocycles. The predicted octanol–water partition coefficient (Wildman–Crippen LogP) is 1.23. The van der Waals surface area contributed by atoms with E-state index in [2.05, 4.69) is 40.3 Å².